The number of aryl methyl sites for hydroxylation is 1. The summed E-state index contributed by atoms with van der Waals surface area (Å²) >= 11 is 0. The molecule has 136 valence electrons. The molecule has 1 spiro atoms. The molecule has 6 heteroatoms. The van der Waals surface area contributed by atoms with Crippen molar-refractivity contribution in [2.24, 2.45) is 5.41 Å². The number of furan rings is 1. The fraction of sp³-hybridized carbons (Fsp3) is 0.450. The summed E-state index contributed by atoms with van der Waals surface area (Å²) in [6, 6.07) is 9.79. The summed E-state index contributed by atoms with van der Waals surface area (Å²) < 4.78 is 16.5. The summed E-state index contributed by atoms with van der Waals surface area (Å²) in [4.78, 5) is 17.0. The predicted molar refractivity (Wildman–Crippen MR) is 95.3 cm³/mol. The van der Waals surface area contributed by atoms with E-state index in [2.05, 4.69) is 4.90 Å². The molecule has 0 bridgehead atoms. The van der Waals surface area contributed by atoms with Crippen LogP contribution in [0.5, 0.6) is 11.5 Å². The smallest absolute Gasteiger partial charge is 0.231 e. The van der Waals surface area contributed by atoms with Gasteiger partial charge in [-0.25, -0.2) is 0 Å². The molecule has 1 atom stereocenters. The van der Waals surface area contributed by atoms with E-state index in [0.717, 1.165) is 61.3 Å². The van der Waals surface area contributed by atoms with Crippen molar-refractivity contribution >= 4 is 11.6 Å². The fourth-order valence-electron chi connectivity index (χ4n) is 4.41. The Labute approximate surface area is 152 Å². The zero-order valence-electron chi connectivity index (χ0n) is 14.9. The van der Waals surface area contributed by atoms with E-state index in [9.17, 15) is 4.79 Å². The summed E-state index contributed by atoms with van der Waals surface area (Å²) in [7, 11) is 0. The minimum Gasteiger partial charge on any atom is -0.465 e. The minimum atomic E-state index is 0.0368. The zero-order chi connectivity index (χ0) is 17.7. The Kier molecular flexibility index (Phi) is 3.50. The van der Waals surface area contributed by atoms with Gasteiger partial charge in [-0.05, 0) is 44.2 Å². The highest BCUT2D eigenvalue weighted by Crippen LogP contribution is 2.44. The molecule has 2 fully saturated rings. The van der Waals surface area contributed by atoms with Gasteiger partial charge >= 0.3 is 0 Å². The van der Waals surface area contributed by atoms with E-state index in [-0.39, 0.29) is 18.1 Å². The monoisotopic (exact) mass is 354 g/mol. The average molecular weight is 354 g/mol. The number of fused-ring (bicyclic) bond motifs is 1. The van der Waals surface area contributed by atoms with E-state index in [1.54, 1.807) is 0 Å². The summed E-state index contributed by atoms with van der Waals surface area (Å²) in [6.45, 7) is 5.72. The van der Waals surface area contributed by atoms with Crippen LogP contribution in [0.15, 0.2) is 34.7 Å². The SMILES string of the molecule is Cc1ccc(CN2CC[C@]3(CC(=O)N(c4ccc5c(c4)OCO5)C3)C2)o1. The molecule has 1 aromatic heterocycles. The van der Waals surface area contributed by atoms with Crippen LogP contribution in [0.25, 0.3) is 0 Å². The first-order chi connectivity index (χ1) is 12.6. The molecule has 0 unspecified atom stereocenters. The quantitative estimate of drug-likeness (QED) is 0.848. The topological polar surface area (TPSA) is 55.2 Å². The number of ether oxygens (including phenoxy) is 2. The van der Waals surface area contributed by atoms with Gasteiger partial charge in [0.05, 0.1) is 6.54 Å². The Morgan fingerprint density at radius 2 is 2.00 bits per heavy atom. The third-order valence-electron chi connectivity index (χ3n) is 5.68. The standard InChI is InChI=1S/C20H22N2O4/c1-14-2-4-16(26-14)10-21-7-6-20(11-21)9-19(23)22(12-20)15-3-5-17-18(8-15)25-13-24-17/h2-5,8H,6-7,9-13H2,1H3/t20-/m0/s1. The Morgan fingerprint density at radius 3 is 2.85 bits per heavy atom. The normalized spacial score (nSPS) is 25.0. The van der Waals surface area contributed by atoms with Gasteiger partial charge < -0.3 is 18.8 Å². The highest BCUT2D eigenvalue weighted by Gasteiger charge is 2.47. The summed E-state index contributed by atoms with van der Waals surface area (Å²) in [5, 5.41) is 0. The number of anilines is 1. The zero-order valence-corrected chi connectivity index (χ0v) is 14.9. The molecule has 1 amide bonds. The van der Waals surface area contributed by atoms with Crippen LogP contribution in [0.3, 0.4) is 0 Å². The Hall–Kier alpha value is -2.47. The number of nitrogens with zero attached hydrogens (tertiary/aromatic N) is 2. The second-order valence-electron chi connectivity index (χ2n) is 7.67. The van der Waals surface area contributed by atoms with Crippen molar-refractivity contribution in [3.8, 4) is 11.5 Å². The van der Waals surface area contributed by atoms with Crippen molar-refractivity contribution in [2.45, 2.75) is 26.3 Å². The van der Waals surface area contributed by atoms with Gasteiger partial charge in [0.15, 0.2) is 11.5 Å². The second kappa shape index (κ2) is 5.77. The maximum absolute atomic E-state index is 12.7. The first-order valence-corrected chi connectivity index (χ1v) is 9.08. The summed E-state index contributed by atoms with van der Waals surface area (Å²) in [5.41, 5.74) is 0.936. The molecule has 2 saturated heterocycles. The van der Waals surface area contributed by atoms with Crippen LogP contribution in [-0.2, 0) is 11.3 Å². The molecule has 0 N–H and O–H groups in total. The maximum Gasteiger partial charge on any atom is 0.231 e. The fourth-order valence-corrected chi connectivity index (χ4v) is 4.41. The lowest BCUT2D eigenvalue weighted by molar-refractivity contribution is -0.117. The van der Waals surface area contributed by atoms with Crippen molar-refractivity contribution in [1.29, 1.82) is 0 Å². The maximum atomic E-state index is 12.7. The lowest BCUT2D eigenvalue weighted by atomic mass is 9.86. The van der Waals surface area contributed by atoms with Crippen LogP contribution in [0, 0.1) is 12.3 Å². The molecule has 1 aromatic carbocycles. The number of hydrogen-bond donors (Lipinski definition) is 0. The molecule has 2 aromatic rings. The molecule has 0 aliphatic carbocycles. The van der Waals surface area contributed by atoms with Gasteiger partial charge in [0.2, 0.25) is 12.7 Å². The molecule has 0 radical (unpaired) electrons. The van der Waals surface area contributed by atoms with Crippen LogP contribution in [0.4, 0.5) is 5.69 Å². The van der Waals surface area contributed by atoms with Gasteiger partial charge in [-0.2, -0.15) is 0 Å². The Bertz CT molecular complexity index is 861. The number of rotatable bonds is 3. The Morgan fingerprint density at radius 1 is 1.12 bits per heavy atom. The molecule has 6 nitrogen and oxygen atoms in total. The second-order valence-corrected chi connectivity index (χ2v) is 7.67. The summed E-state index contributed by atoms with van der Waals surface area (Å²) in [6.07, 6.45) is 1.65. The van der Waals surface area contributed by atoms with Crippen molar-refractivity contribution in [2.75, 3.05) is 31.3 Å². The molecule has 26 heavy (non-hydrogen) atoms. The van der Waals surface area contributed by atoms with E-state index >= 15 is 0 Å². The largest absolute Gasteiger partial charge is 0.465 e. The lowest BCUT2D eigenvalue weighted by Crippen LogP contribution is -2.31. The van der Waals surface area contributed by atoms with Gasteiger partial charge in [-0.1, -0.05) is 0 Å². The molecule has 3 aliphatic heterocycles. The average Bonchev–Trinajstić information content (AvgIpc) is 3.37. The Balaban J connectivity index is 1.30. The van der Waals surface area contributed by atoms with Crippen LogP contribution < -0.4 is 14.4 Å². The minimum absolute atomic E-state index is 0.0368. The van der Waals surface area contributed by atoms with Crippen molar-refractivity contribution in [1.82, 2.24) is 4.90 Å². The number of benzene rings is 1. The molecule has 0 saturated carbocycles. The molecule has 3 aliphatic rings. The van der Waals surface area contributed by atoms with E-state index in [4.69, 9.17) is 13.9 Å². The van der Waals surface area contributed by atoms with Gasteiger partial charge in [0, 0.05) is 36.7 Å². The lowest BCUT2D eigenvalue weighted by Gasteiger charge is -2.24. The third-order valence-corrected chi connectivity index (χ3v) is 5.68. The van der Waals surface area contributed by atoms with Gasteiger partial charge in [-0.3, -0.25) is 9.69 Å². The van der Waals surface area contributed by atoms with Crippen molar-refractivity contribution in [3.63, 3.8) is 0 Å². The summed E-state index contributed by atoms with van der Waals surface area (Å²) in [5.74, 6) is 3.60. The van der Waals surface area contributed by atoms with Crippen LogP contribution in [0.1, 0.15) is 24.4 Å². The number of likely N-dealkylation sites (tertiary alicyclic amines) is 1. The number of carbonyl (C=O) groups is 1. The van der Waals surface area contributed by atoms with Crippen LogP contribution in [0.2, 0.25) is 0 Å². The van der Waals surface area contributed by atoms with Gasteiger partial charge in [0.1, 0.15) is 11.5 Å². The molecule has 4 heterocycles. The van der Waals surface area contributed by atoms with E-state index in [1.165, 1.54) is 0 Å². The molecular formula is C20H22N2O4. The van der Waals surface area contributed by atoms with Crippen LogP contribution >= 0.6 is 0 Å². The van der Waals surface area contributed by atoms with E-state index < -0.39 is 0 Å². The van der Waals surface area contributed by atoms with E-state index in [0.29, 0.717) is 6.42 Å². The molecule has 5 rings (SSSR count). The van der Waals surface area contributed by atoms with Gasteiger partial charge in [0.25, 0.3) is 0 Å². The number of carbonyl (C=O) groups excluding carboxylic acids is 1. The van der Waals surface area contributed by atoms with Crippen LogP contribution in [-0.4, -0.2) is 37.2 Å². The van der Waals surface area contributed by atoms with Gasteiger partial charge in [-0.15, -0.1) is 0 Å². The first-order valence-electron chi connectivity index (χ1n) is 9.08. The van der Waals surface area contributed by atoms with Crippen molar-refractivity contribution < 1.29 is 18.7 Å². The third kappa shape index (κ3) is 2.65. The highest BCUT2D eigenvalue weighted by molar-refractivity contribution is 5.96. The van der Waals surface area contributed by atoms with E-state index in [1.807, 2.05) is 42.2 Å². The molecular weight excluding hydrogens is 332 g/mol. The number of amides is 1. The van der Waals surface area contributed by atoms with Crippen molar-refractivity contribution in [3.05, 3.63) is 41.9 Å². The number of hydrogen-bond acceptors (Lipinski definition) is 5. The highest BCUT2D eigenvalue weighted by atomic mass is 16.7. The predicted octanol–water partition coefficient (Wildman–Crippen LogP) is 2.95. The first kappa shape index (κ1) is 15.8.